The van der Waals surface area contributed by atoms with Gasteiger partial charge in [0.1, 0.15) is 4.83 Å². The lowest BCUT2D eigenvalue weighted by Gasteiger charge is -2.03. The van der Waals surface area contributed by atoms with Gasteiger partial charge in [0.05, 0.1) is 24.2 Å². The van der Waals surface area contributed by atoms with E-state index in [2.05, 4.69) is 4.98 Å². The van der Waals surface area contributed by atoms with Gasteiger partial charge in [0.2, 0.25) is 0 Å². The Bertz CT molecular complexity index is 843. The highest BCUT2D eigenvalue weighted by Gasteiger charge is 2.12. The minimum Gasteiger partial charge on any atom is -0.298 e. The van der Waals surface area contributed by atoms with E-state index in [0.29, 0.717) is 18.4 Å². The van der Waals surface area contributed by atoms with Crippen molar-refractivity contribution in [1.29, 1.82) is 5.26 Å². The lowest BCUT2D eigenvalue weighted by atomic mass is 10.1. The quantitative estimate of drug-likeness (QED) is 0.741. The molecule has 4 nitrogen and oxygen atoms in total. The number of rotatable bonds is 3. The maximum atomic E-state index is 12.5. The summed E-state index contributed by atoms with van der Waals surface area (Å²) in [5.41, 5.74) is 1.84. The van der Waals surface area contributed by atoms with Crippen LogP contribution in [0.5, 0.6) is 0 Å². The molecular weight excluding hydrogens is 270 g/mol. The Hall–Kier alpha value is -2.45. The number of hydrogen-bond acceptors (Lipinski definition) is 4. The van der Waals surface area contributed by atoms with Crippen molar-refractivity contribution in [2.45, 2.75) is 13.0 Å². The molecular formula is C15H11N3OS. The predicted octanol–water partition coefficient (Wildman–Crippen LogP) is 3.04. The van der Waals surface area contributed by atoms with Crippen LogP contribution >= 0.6 is 11.3 Å². The highest BCUT2D eigenvalue weighted by Crippen LogP contribution is 2.30. The summed E-state index contributed by atoms with van der Waals surface area (Å²) in [6, 6.07) is 11.8. The van der Waals surface area contributed by atoms with Crippen LogP contribution in [0.1, 0.15) is 6.42 Å². The second-order valence-corrected chi connectivity index (χ2v) is 5.20. The second-order valence-electron chi connectivity index (χ2n) is 4.35. The zero-order valence-corrected chi connectivity index (χ0v) is 11.4. The molecule has 20 heavy (non-hydrogen) atoms. The van der Waals surface area contributed by atoms with Gasteiger partial charge in [-0.05, 0) is 5.56 Å². The Labute approximate surface area is 119 Å². The SMILES string of the molecule is N#CCCn1cnc2scc(-c3ccccc3)c2c1=O. The van der Waals surface area contributed by atoms with Crippen molar-refractivity contribution in [3.05, 3.63) is 52.4 Å². The number of hydrogen-bond donors (Lipinski definition) is 0. The number of fused-ring (bicyclic) bond motifs is 1. The van der Waals surface area contributed by atoms with E-state index in [4.69, 9.17) is 5.26 Å². The van der Waals surface area contributed by atoms with Crippen molar-refractivity contribution in [3.63, 3.8) is 0 Å². The molecule has 0 spiro atoms. The molecule has 0 bridgehead atoms. The first kappa shape index (κ1) is 12.6. The van der Waals surface area contributed by atoms with Gasteiger partial charge >= 0.3 is 0 Å². The van der Waals surface area contributed by atoms with Crippen molar-refractivity contribution >= 4 is 21.6 Å². The number of aryl methyl sites for hydroxylation is 1. The third kappa shape index (κ3) is 2.10. The fourth-order valence-corrected chi connectivity index (χ4v) is 3.03. The maximum absolute atomic E-state index is 12.5. The molecule has 0 unspecified atom stereocenters. The number of thiophene rings is 1. The monoisotopic (exact) mass is 281 g/mol. The first-order valence-electron chi connectivity index (χ1n) is 6.20. The minimum absolute atomic E-state index is 0.0784. The first-order valence-corrected chi connectivity index (χ1v) is 7.08. The van der Waals surface area contributed by atoms with E-state index >= 15 is 0 Å². The van der Waals surface area contributed by atoms with Gasteiger partial charge in [-0.2, -0.15) is 5.26 Å². The van der Waals surface area contributed by atoms with Gasteiger partial charge in [-0.15, -0.1) is 11.3 Å². The molecule has 3 rings (SSSR count). The van der Waals surface area contributed by atoms with Crippen LogP contribution in [0, 0.1) is 11.3 Å². The first-order chi connectivity index (χ1) is 9.81. The molecule has 0 atom stereocenters. The Morgan fingerprint density at radius 3 is 2.85 bits per heavy atom. The highest BCUT2D eigenvalue weighted by molar-refractivity contribution is 7.17. The maximum Gasteiger partial charge on any atom is 0.262 e. The molecule has 5 heteroatoms. The third-order valence-electron chi connectivity index (χ3n) is 3.11. The van der Waals surface area contributed by atoms with Crippen LogP contribution in [-0.2, 0) is 6.54 Å². The van der Waals surface area contributed by atoms with Gasteiger partial charge in [-0.1, -0.05) is 30.3 Å². The van der Waals surface area contributed by atoms with E-state index in [1.165, 1.54) is 22.2 Å². The Kier molecular flexibility index (Phi) is 3.32. The zero-order valence-electron chi connectivity index (χ0n) is 10.6. The van der Waals surface area contributed by atoms with Crippen LogP contribution in [0.15, 0.2) is 46.8 Å². The zero-order chi connectivity index (χ0) is 13.9. The van der Waals surface area contributed by atoms with Crippen molar-refractivity contribution in [2.24, 2.45) is 0 Å². The lowest BCUT2D eigenvalue weighted by Crippen LogP contribution is -2.20. The van der Waals surface area contributed by atoms with Crippen LogP contribution in [0.3, 0.4) is 0 Å². The smallest absolute Gasteiger partial charge is 0.262 e. The molecule has 0 saturated heterocycles. The average molecular weight is 281 g/mol. The fraction of sp³-hybridized carbons (Fsp3) is 0.133. The summed E-state index contributed by atoms with van der Waals surface area (Å²) in [4.78, 5) is 17.6. The fourth-order valence-electron chi connectivity index (χ4n) is 2.13. The van der Waals surface area contributed by atoms with Crippen LogP contribution in [0.2, 0.25) is 0 Å². The summed E-state index contributed by atoms with van der Waals surface area (Å²) in [6.07, 6.45) is 1.82. The average Bonchev–Trinajstić information content (AvgIpc) is 2.92. The van der Waals surface area contributed by atoms with Crippen molar-refractivity contribution in [1.82, 2.24) is 9.55 Å². The molecule has 3 aromatic rings. The summed E-state index contributed by atoms with van der Waals surface area (Å²) in [7, 11) is 0. The number of aromatic nitrogens is 2. The molecule has 2 aromatic heterocycles. The van der Waals surface area contributed by atoms with Gasteiger partial charge in [0.25, 0.3) is 5.56 Å². The van der Waals surface area contributed by atoms with Gasteiger partial charge < -0.3 is 0 Å². The standard InChI is InChI=1S/C15H11N3OS/c16-7-4-8-18-10-17-14-13(15(18)19)12(9-20-14)11-5-2-1-3-6-11/h1-3,5-6,9-10H,4,8H2. The molecule has 0 N–H and O–H groups in total. The molecule has 2 heterocycles. The molecule has 0 aliphatic heterocycles. The van der Waals surface area contributed by atoms with Crippen molar-refractivity contribution in [2.75, 3.05) is 0 Å². The van der Waals surface area contributed by atoms with E-state index in [9.17, 15) is 4.79 Å². The van der Waals surface area contributed by atoms with Crippen molar-refractivity contribution < 1.29 is 0 Å². The van der Waals surface area contributed by atoms with E-state index in [1.54, 1.807) is 0 Å². The largest absolute Gasteiger partial charge is 0.298 e. The molecule has 98 valence electrons. The highest BCUT2D eigenvalue weighted by atomic mass is 32.1. The minimum atomic E-state index is -0.0784. The predicted molar refractivity (Wildman–Crippen MR) is 79.5 cm³/mol. The van der Waals surface area contributed by atoms with Crippen LogP contribution in [0.25, 0.3) is 21.3 Å². The van der Waals surface area contributed by atoms with Gasteiger partial charge in [-0.25, -0.2) is 4.98 Å². The second kappa shape index (κ2) is 5.27. The number of nitriles is 1. The normalized spacial score (nSPS) is 10.6. The summed E-state index contributed by atoms with van der Waals surface area (Å²) in [6.45, 7) is 0.377. The summed E-state index contributed by atoms with van der Waals surface area (Å²) in [5.74, 6) is 0. The molecule has 0 radical (unpaired) electrons. The Balaban J connectivity index is 2.21. The number of nitrogens with zero attached hydrogens (tertiary/aromatic N) is 3. The van der Waals surface area contributed by atoms with Crippen LogP contribution in [0.4, 0.5) is 0 Å². The topological polar surface area (TPSA) is 58.7 Å². The number of benzene rings is 1. The molecule has 0 fully saturated rings. The Morgan fingerprint density at radius 2 is 2.10 bits per heavy atom. The molecule has 0 amide bonds. The Morgan fingerprint density at radius 1 is 1.30 bits per heavy atom. The van der Waals surface area contributed by atoms with E-state index in [0.717, 1.165) is 16.0 Å². The third-order valence-corrected chi connectivity index (χ3v) is 4.00. The summed E-state index contributed by atoms with van der Waals surface area (Å²) in [5, 5.41) is 11.2. The molecule has 1 aromatic carbocycles. The van der Waals surface area contributed by atoms with Crippen LogP contribution < -0.4 is 5.56 Å². The van der Waals surface area contributed by atoms with Crippen LogP contribution in [-0.4, -0.2) is 9.55 Å². The van der Waals surface area contributed by atoms with E-state index in [1.807, 2.05) is 41.8 Å². The van der Waals surface area contributed by atoms with Gasteiger partial charge in [0, 0.05) is 17.5 Å². The lowest BCUT2D eigenvalue weighted by molar-refractivity contribution is 0.679. The molecule has 0 aliphatic carbocycles. The van der Waals surface area contributed by atoms with E-state index in [-0.39, 0.29) is 5.56 Å². The summed E-state index contributed by atoms with van der Waals surface area (Å²) >= 11 is 1.47. The van der Waals surface area contributed by atoms with E-state index < -0.39 is 0 Å². The van der Waals surface area contributed by atoms with Gasteiger partial charge in [-0.3, -0.25) is 9.36 Å². The van der Waals surface area contributed by atoms with Gasteiger partial charge in [0.15, 0.2) is 0 Å². The summed E-state index contributed by atoms with van der Waals surface area (Å²) < 4.78 is 1.50. The van der Waals surface area contributed by atoms with Crippen molar-refractivity contribution in [3.8, 4) is 17.2 Å². The molecule has 0 aliphatic rings. The molecule has 0 saturated carbocycles.